The number of alkyl halides is 1. The van der Waals surface area contributed by atoms with Crippen molar-refractivity contribution in [2.24, 2.45) is 5.41 Å². The predicted octanol–water partition coefficient (Wildman–Crippen LogP) is 2.22. The molecule has 1 saturated carbocycles. The lowest BCUT2D eigenvalue weighted by atomic mass is 10.0. The van der Waals surface area contributed by atoms with Crippen molar-refractivity contribution in [2.45, 2.75) is 45.3 Å². The summed E-state index contributed by atoms with van der Waals surface area (Å²) < 4.78 is 13.6. The molecule has 2 rings (SSSR count). The molecule has 1 spiro atoms. The van der Waals surface area contributed by atoms with E-state index in [1.54, 1.807) is 6.92 Å². The van der Waals surface area contributed by atoms with E-state index < -0.39 is 5.67 Å². The summed E-state index contributed by atoms with van der Waals surface area (Å²) >= 11 is 0. The summed E-state index contributed by atoms with van der Waals surface area (Å²) in [5, 5.41) is 0. The van der Waals surface area contributed by atoms with Crippen molar-refractivity contribution in [1.82, 2.24) is 4.90 Å². The van der Waals surface area contributed by atoms with Crippen molar-refractivity contribution >= 4 is 0 Å². The van der Waals surface area contributed by atoms with E-state index in [2.05, 4.69) is 18.7 Å². The summed E-state index contributed by atoms with van der Waals surface area (Å²) in [6, 6.07) is 0.584. The zero-order valence-corrected chi connectivity index (χ0v) is 8.23. The van der Waals surface area contributed by atoms with Crippen molar-refractivity contribution in [3.8, 4) is 0 Å². The smallest absolute Gasteiger partial charge is 0.116 e. The van der Waals surface area contributed by atoms with Gasteiger partial charge in [0.2, 0.25) is 0 Å². The van der Waals surface area contributed by atoms with E-state index in [4.69, 9.17) is 0 Å². The SMILES string of the molecule is CC(C)N1CCC2(C1)CC2(C)F. The Morgan fingerprint density at radius 1 is 1.42 bits per heavy atom. The minimum atomic E-state index is -0.851. The molecule has 1 aliphatic heterocycles. The van der Waals surface area contributed by atoms with Gasteiger partial charge in [0, 0.05) is 18.0 Å². The molecule has 0 N–H and O–H groups in total. The lowest BCUT2D eigenvalue weighted by Gasteiger charge is -2.20. The maximum Gasteiger partial charge on any atom is 0.116 e. The highest BCUT2D eigenvalue weighted by atomic mass is 19.1. The van der Waals surface area contributed by atoms with E-state index in [0.717, 1.165) is 25.9 Å². The van der Waals surface area contributed by atoms with E-state index in [0.29, 0.717) is 6.04 Å². The van der Waals surface area contributed by atoms with Crippen LogP contribution >= 0.6 is 0 Å². The Morgan fingerprint density at radius 3 is 2.25 bits per heavy atom. The lowest BCUT2D eigenvalue weighted by Crippen LogP contribution is -2.29. The molecule has 2 fully saturated rings. The van der Waals surface area contributed by atoms with Gasteiger partial charge >= 0.3 is 0 Å². The lowest BCUT2D eigenvalue weighted by molar-refractivity contribution is 0.218. The summed E-state index contributed by atoms with van der Waals surface area (Å²) in [7, 11) is 0. The molecule has 0 amide bonds. The first-order chi connectivity index (χ1) is 5.47. The molecule has 2 atom stereocenters. The van der Waals surface area contributed by atoms with Crippen LogP contribution < -0.4 is 0 Å². The van der Waals surface area contributed by atoms with Gasteiger partial charge in [-0.1, -0.05) is 0 Å². The zero-order valence-electron chi connectivity index (χ0n) is 8.23. The highest BCUT2D eigenvalue weighted by molar-refractivity contribution is 5.17. The van der Waals surface area contributed by atoms with E-state index in [1.807, 2.05) is 0 Å². The van der Waals surface area contributed by atoms with Crippen LogP contribution in [0, 0.1) is 5.41 Å². The number of rotatable bonds is 1. The molecule has 1 nitrogen and oxygen atoms in total. The maximum atomic E-state index is 13.6. The van der Waals surface area contributed by atoms with Gasteiger partial charge in [0.25, 0.3) is 0 Å². The second-order valence-electron chi connectivity index (χ2n) is 4.97. The minimum absolute atomic E-state index is 0.0528. The fourth-order valence-electron chi connectivity index (χ4n) is 2.51. The monoisotopic (exact) mass is 171 g/mol. The Morgan fingerprint density at radius 2 is 2.00 bits per heavy atom. The third kappa shape index (κ3) is 1.00. The Kier molecular flexibility index (Phi) is 1.57. The summed E-state index contributed by atoms with van der Waals surface area (Å²) in [6.45, 7) is 8.22. The molecular weight excluding hydrogens is 153 g/mol. The summed E-state index contributed by atoms with van der Waals surface area (Å²) in [5.74, 6) is 0. The average molecular weight is 171 g/mol. The fraction of sp³-hybridized carbons (Fsp3) is 1.00. The van der Waals surface area contributed by atoms with Crippen LogP contribution in [0.5, 0.6) is 0 Å². The Hall–Kier alpha value is -0.110. The number of halogens is 1. The van der Waals surface area contributed by atoms with Crippen LogP contribution in [0.25, 0.3) is 0 Å². The van der Waals surface area contributed by atoms with Crippen molar-refractivity contribution in [1.29, 1.82) is 0 Å². The van der Waals surface area contributed by atoms with Gasteiger partial charge in [-0.05, 0) is 40.2 Å². The molecular formula is C10H18FN. The van der Waals surface area contributed by atoms with Crippen LogP contribution in [0.1, 0.15) is 33.6 Å². The van der Waals surface area contributed by atoms with Gasteiger partial charge in [0.15, 0.2) is 0 Å². The van der Waals surface area contributed by atoms with Crippen LogP contribution in [0.3, 0.4) is 0 Å². The van der Waals surface area contributed by atoms with Gasteiger partial charge in [-0.15, -0.1) is 0 Å². The highest BCUT2D eigenvalue weighted by Crippen LogP contribution is 2.63. The van der Waals surface area contributed by atoms with E-state index in [-0.39, 0.29) is 5.41 Å². The molecule has 0 aromatic carbocycles. The van der Waals surface area contributed by atoms with Crippen molar-refractivity contribution in [3.63, 3.8) is 0 Å². The maximum absolute atomic E-state index is 13.6. The van der Waals surface area contributed by atoms with Gasteiger partial charge in [-0.25, -0.2) is 4.39 Å². The third-order valence-electron chi connectivity index (χ3n) is 3.76. The summed E-state index contributed by atoms with van der Waals surface area (Å²) in [6.07, 6.45) is 1.86. The van der Waals surface area contributed by atoms with Gasteiger partial charge < -0.3 is 4.90 Å². The van der Waals surface area contributed by atoms with E-state index >= 15 is 0 Å². The van der Waals surface area contributed by atoms with Crippen LogP contribution in [0.4, 0.5) is 4.39 Å². The van der Waals surface area contributed by atoms with Gasteiger partial charge in [0.05, 0.1) is 0 Å². The summed E-state index contributed by atoms with van der Waals surface area (Å²) in [5.41, 5.74) is -0.798. The molecule has 2 unspecified atom stereocenters. The van der Waals surface area contributed by atoms with E-state index in [9.17, 15) is 4.39 Å². The molecule has 0 aromatic rings. The van der Waals surface area contributed by atoms with Crippen LogP contribution in [-0.4, -0.2) is 29.7 Å². The molecule has 0 bridgehead atoms. The largest absolute Gasteiger partial charge is 0.300 e. The second-order valence-corrected chi connectivity index (χ2v) is 4.97. The Bertz CT molecular complexity index is 200. The van der Waals surface area contributed by atoms with Crippen LogP contribution in [0.15, 0.2) is 0 Å². The molecule has 1 aliphatic carbocycles. The molecule has 70 valence electrons. The quantitative estimate of drug-likeness (QED) is 0.584. The molecule has 2 heteroatoms. The molecule has 0 aromatic heterocycles. The van der Waals surface area contributed by atoms with Gasteiger partial charge in [-0.2, -0.15) is 0 Å². The Balaban J connectivity index is 2.01. The first kappa shape index (κ1) is 8.49. The number of hydrogen-bond donors (Lipinski definition) is 0. The normalized spacial score (nSPS) is 47.8. The van der Waals surface area contributed by atoms with Crippen LogP contribution in [-0.2, 0) is 0 Å². The predicted molar refractivity (Wildman–Crippen MR) is 47.9 cm³/mol. The van der Waals surface area contributed by atoms with Gasteiger partial charge in [0.1, 0.15) is 5.67 Å². The number of hydrogen-bond acceptors (Lipinski definition) is 1. The van der Waals surface area contributed by atoms with Crippen molar-refractivity contribution in [3.05, 3.63) is 0 Å². The zero-order chi connectivity index (χ0) is 8.98. The summed E-state index contributed by atoms with van der Waals surface area (Å²) in [4.78, 5) is 2.39. The average Bonchev–Trinajstić information content (AvgIpc) is 2.38. The number of likely N-dealkylation sites (tertiary alicyclic amines) is 1. The number of nitrogens with zero attached hydrogens (tertiary/aromatic N) is 1. The molecule has 2 aliphatic rings. The minimum Gasteiger partial charge on any atom is -0.300 e. The molecule has 0 radical (unpaired) electrons. The van der Waals surface area contributed by atoms with Gasteiger partial charge in [-0.3, -0.25) is 0 Å². The topological polar surface area (TPSA) is 3.24 Å². The molecule has 1 saturated heterocycles. The first-order valence-electron chi connectivity index (χ1n) is 4.90. The Labute approximate surface area is 73.9 Å². The molecule has 12 heavy (non-hydrogen) atoms. The third-order valence-corrected chi connectivity index (χ3v) is 3.76. The highest BCUT2D eigenvalue weighted by Gasteiger charge is 2.67. The van der Waals surface area contributed by atoms with Crippen molar-refractivity contribution < 1.29 is 4.39 Å². The van der Waals surface area contributed by atoms with Crippen LogP contribution in [0.2, 0.25) is 0 Å². The first-order valence-corrected chi connectivity index (χ1v) is 4.90. The van der Waals surface area contributed by atoms with E-state index in [1.165, 1.54) is 0 Å². The second kappa shape index (κ2) is 2.22. The fourth-order valence-corrected chi connectivity index (χ4v) is 2.51. The van der Waals surface area contributed by atoms with Crippen molar-refractivity contribution in [2.75, 3.05) is 13.1 Å². The standard InChI is InChI=1S/C10H18FN/c1-8(2)12-5-4-10(7-12)6-9(10,3)11/h8H,4-7H2,1-3H3. The molecule has 1 heterocycles.